The summed E-state index contributed by atoms with van der Waals surface area (Å²) in [6.07, 6.45) is 4.16. The van der Waals surface area contributed by atoms with Crippen LogP contribution in [0.3, 0.4) is 0 Å². The Morgan fingerprint density at radius 3 is 1.46 bits per heavy atom. The van der Waals surface area contributed by atoms with E-state index in [1.165, 1.54) is 19.6 Å². The Balaban J connectivity index is 0.964. The van der Waals surface area contributed by atoms with Crippen molar-refractivity contribution in [2.24, 2.45) is 17.2 Å². The Morgan fingerprint density at radius 1 is 0.556 bits per heavy atom. The maximum Gasteiger partial charge on any atom is 0.407 e. The number of fused-ring (bicyclic) bond motifs is 3. The third-order valence-corrected chi connectivity index (χ3v) is 15.9. The molecule has 0 saturated carbocycles. The molecule has 0 spiro atoms. The number of nitrogens with zero attached hydrogens (tertiary/aromatic N) is 4. The number of benzene rings is 2. The highest BCUT2D eigenvalue weighted by Gasteiger charge is 2.44. The predicted molar refractivity (Wildman–Crippen MR) is 297 cm³/mol. The zero-order valence-electron chi connectivity index (χ0n) is 45.8. The summed E-state index contributed by atoms with van der Waals surface area (Å²) in [5.74, 6) is -5.97. The molecule has 7 rings (SSSR count). The number of hydrogen-bond acceptors (Lipinski definition) is 13. The number of carbonyl (C=O) groups is 9. The first-order chi connectivity index (χ1) is 39.0. The summed E-state index contributed by atoms with van der Waals surface area (Å²) in [6, 6.07) is 8.46. The van der Waals surface area contributed by atoms with Gasteiger partial charge in [-0.25, -0.2) is 9.59 Å². The number of rotatable bonds is 26. The second-order valence-corrected chi connectivity index (χ2v) is 21.3. The molecule has 8 amide bonds. The SMILES string of the molecule is N=C(N)NCCC[C@H](NC(=O)[C@@H]1CCCN1C(=O)CNC(=O)[C@@H]1CCCN1C(=O)[C@H](CCCNC(=N)N)NC(=O)[C@@H]1CCCN1C(=O)[C@H](CCCCN)NC(=O)OCC1c2ccccc2-c2ccccc21)C(=O)N1CCC[C@H]1C(=O)O. The van der Waals surface area contributed by atoms with Crippen molar-refractivity contribution in [2.45, 2.75) is 145 Å². The van der Waals surface area contributed by atoms with Gasteiger partial charge in [0.05, 0.1) is 6.54 Å². The molecule has 4 saturated heterocycles. The molecule has 15 N–H and O–H groups in total. The van der Waals surface area contributed by atoms with E-state index in [2.05, 4.69) is 31.9 Å². The number of amides is 8. The fraction of sp³-hybridized carbons (Fsp3) is 0.582. The van der Waals surface area contributed by atoms with Crippen LogP contribution in [0.4, 0.5) is 4.79 Å². The molecule has 0 aromatic heterocycles. The van der Waals surface area contributed by atoms with E-state index in [9.17, 15) is 48.3 Å². The van der Waals surface area contributed by atoms with Crippen molar-refractivity contribution in [1.29, 1.82) is 10.8 Å². The molecule has 7 atom stereocenters. The molecule has 440 valence electrons. The number of ether oxygens (including phenoxy) is 1. The molecule has 4 fully saturated rings. The van der Waals surface area contributed by atoms with E-state index in [0.29, 0.717) is 51.5 Å². The Bertz CT molecular complexity index is 2610. The predicted octanol–water partition coefficient (Wildman–Crippen LogP) is -0.316. The minimum atomic E-state index is -1.18. The summed E-state index contributed by atoms with van der Waals surface area (Å²) in [5, 5.41) is 41.2. The summed E-state index contributed by atoms with van der Waals surface area (Å²) in [4.78, 5) is 130. The molecule has 26 nitrogen and oxygen atoms in total. The maximum atomic E-state index is 14.6. The topological polar surface area (TPSA) is 394 Å². The summed E-state index contributed by atoms with van der Waals surface area (Å²) in [6.45, 7) is 1.05. The largest absolute Gasteiger partial charge is 0.480 e. The van der Waals surface area contributed by atoms with Crippen molar-refractivity contribution in [3.05, 3.63) is 59.7 Å². The molecule has 4 heterocycles. The van der Waals surface area contributed by atoms with Crippen molar-refractivity contribution < 1.29 is 53.0 Å². The highest BCUT2D eigenvalue weighted by Crippen LogP contribution is 2.44. The van der Waals surface area contributed by atoms with E-state index in [1.54, 1.807) is 0 Å². The van der Waals surface area contributed by atoms with Gasteiger partial charge in [0.25, 0.3) is 0 Å². The van der Waals surface area contributed by atoms with Crippen LogP contribution in [0.5, 0.6) is 0 Å². The van der Waals surface area contributed by atoms with Gasteiger partial charge in [0, 0.05) is 45.2 Å². The van der Waals surface area contributed by atoms with Gasteiger partial charge in [0.1, 0.15) is 48.9 Å². The van der Waals surface area contributed by atoms with E-state index < -0.39 is 102 Å². The van der Waals surface area contributed by atoms with Gasteiger partial charge in [-0.2, -0.15) is 0 Å². The molecular formula is C55H79N15O11. The van der Waals surface area contributed by atoms with Crippen molar-refractivity contribution in [2.75, 3.05) is 59.0 Å². The number of carboxylic acid groups (broad SMARTS) is 1. The lowest BCUT2D eigenvalue weighted by atomic mass is 9.98. The number of aliphatic carboxylic acids is 1. The van der Waals surface area contributed by atoms with E-state index in [0.717, 1.165) is 22.3 Å². The number of nitrogens with two attached hydrogens (primary N) is 3. The molecule has 2 aromatic rings. The molecule has 2 aromatic carbocycles. The lowest BCUT2D eigenvalue weighted by Crippen LogP contribution is -2.58. The zero-order valence-corrected chi connectivity index (χ0v) is 45.8. The molecule has 81 heavy (non-hydrogen) atoms. The smallest absolute Gasteiger partial charge is 0.407 e. The lowest BCUT2D eigenvalue weighted by molar-refractivity contribution is -0.149. The number of carboxylic acids is 1. The molecule has 26 heteroatoms. The highest BCUT2D eigenvalue weighted by atomic mass is 16.5. The highest BCUT2D eigenvalue weighted by molar-refractivity contribution is 5.98. The number of guanidine groups is 2. The van der Waals surface area contributed by atoms with Gasteiger partial charge in [-0.1, -0.05) is 48.5 Å². The molecule has 0 radical (unpaired) electrons. The van der Waals surface area contributed by atoms with Gasteiger partial charge in [0.2, 0.25) is 41.4 Å². The average molecular weight is 1130 g/mol. The molecule has 5 aliphatic rings. The quantitative estimate of drug-likeness (QED) is 0.0326. The van der Waals surface area contributed by atoms with Gasteiger partial charge in [-0.15, -0.1) is 0 Å². The zero-order chi connectivity index (χ0) is 58.2. The minimum Gasteiger partial charge on any atom is -0.480 e. The van der Waals surface area contributed by atoms with E-state index in [4.69, 9.17) is 32.8 Å². The van der Waals surface area contributed by atoms with Crippen LogP contribution in [0.25, 0.3) is 11.1 Å². The molecular weight excluding hydrogens is 1050 g/mol. The molecule has 0 bridgehead atoms. The van der Waals surface area contributed by atoms with E-state index in [-0.39, 0.29) is 115 Å². The average Bonchev–Trinajstić information content (AvgIpc) is 4.37. The standard InChI is InChI=1S/C55H79N15O11/c56-24-6-5-17-40(66-55(80)81-32-37-35-15-3-1-13-33(35)34-14-2-4-16-36(34)37)51(77)69-29-11-22-43(69)48(74)65-38(18-7-25-61-53(57)58)49(75)68-28-10-20-41(68)46(72)63-31-45(71)67-27-9-21-42(67)47(73)64-39(19-8-26-62-54(59)60)50(76)70-30-12-23-44(70)52(78)79/h1-4,13-16,37-44H,5-12,17-32,56H2,(H,63,72)(H,64,73)(H,65,74)(H,66,80)(H,78,79)(H4,57,58,61)(H4,59,60,62)/t38-,39-,40-,41-,42-,43-,44-/m0/s1. The molecule has 1 aliphatic carbocycles. The normalized spacial score (nSPS) is 20.3. The van der Waals surface area contributed by atoms with Crippen molar-refractivity contribution in [1.82, 2.24) is 51.5 Å². The number of alkyl carbamates (subject to hydrolysis) is 1. The van der Waals surface area contributed by atoms with Crippen LogP contribution < -0.4 is 49.1 Å². The van der Waals surface area contributed by atoms with Crippen LogP contribution in [0.2, 0.25) is 0 Å². The monoisotopic (exact) mass is 1130 g/mol. The van der Waals surface area contributed by atoms with Gasteiger partial charge in [-0.05, 0) is 125 Å². The van der Waals surface area contributed by atoms with Crippen LogP contribution in [0.1, 0.15) is 113 Å². The number of hydrogen-bond donors (Lipinski definition) is 12. The Hall–Kier alpha value is -8.03. The van der Waals surface area contributed by atoms with Crippen molar-refractivity contribution >= 4 is 65.3 Å². The van der Waals surface area contributed by atoms with Crippen LogP contribution in [0, 0.1) is 10.8 Å². The fourth-order valence-corrected chi connectivity index (χ4v) is 11.9. The van der Waals surface area contributed by atoms with E-state index in [1.807, 2.05) is 48.5 Å². The third-order valence-electron chi connectivity index (χ3n) is 15.9. The van der Waals surface area contributed by atoms with Crippen LogP contribution >= 0.6 is 0 Å². The van der Waals surface area contributed by atoms with Gasteiger partial charge >= 0.3 is 12.1 Å². The summed E-state index contributed by atoms with van der Waals surface area (Å²) in [5.41, 5.74) is 20.9. The van der Waals surface area contributed by atoms with Crippen LogP contribution in [0.15, 0.2) is 48.5 Å². The van der Waals surface area contributed by atoms with Crippen molar-refractivity contribution in [3.8, 4) is 11.1 Å². The summed E-state index contributed by atoms with van der Waals surface area (Å²) in [7, 11) is 0. The third kappa shape index (κ3) is 15.5. The van der Waals surface area contributed by atoms with Gasteiger partial charge < -0.3 is 78.5 Å². The first kappa shape index (κ1) is 60.6. The maximum absolute atomic E-state index is 14.6. The number of carbonyl (C=O) groups excluding carboxylic acids is 8. The fourth-order valence-electron chi connectivity index (χ4n) is 11.9. The number of unbranched alkanes of at least 4 members (excludes halogenated alkanes) is 1. The first-order valence-corrected chi connectivity index (χ1v) is 28.3. The Morgan fingerprint density at radius 2 is 0.975 bits per heavy atom. The van der Waals surface area contributed by atoms with Crippen LogP contribution in [-0.2, 0) is 43.1 Å². The number of likely N-dealkylation sites (tertiary alicyclic amines) is 4. The Labute approximate surface area is 470 Å². The lowest BCUT2D eigenvalue weighted by Gasteiger charge is -2.32. The van der Waals surface area contributed by atoms with E-state index >= 15 is 0 Å². The summed E-state index contributed by atoms with van der Waals surface area (Å²) >= 11 is 0. The van der Waals surface area contributed by atoms with Crippen molar-refractivity contribution in [3.63, 3.8) is 0 Å². The number of nitrogens with one attached hydrogen (secondary N) is 8. The molecule has 4 aliphatic heterocycles. The van der Waals surface area contributed by atoms with Gasteiger partial charge in [0.15, 0.2) is 11.9 Å². The minimum absolute atomic E-state index is 0.0309. The van der Waals surface area contributed by atoms with Crippen LogP contribution in [-0.4, -0.2) is 191 Å². The Kier molecular flexibility index (Phi) is 21.6. The van der Waals surface area contributed by atoms with Gasteiger partial charge in [-0.3, -0.25) is 44.4 Å². The first-order valence-electron chi connectivity index (χ1n) is 28.3. The molecule has 0 unspecified atom stereocenters. The second kappa shape index (κ2) is 28.9. The summed E-state index contributed by atoms with van der Waals surface area (Å²) < 4.78 is 5.81. The second-order valence-electron chi connectivity index (χ2n) is 21.3.